The van der Waals surface area contributed by atoms with Crippen molar-refractivity contribution in [2.24, 2.45) is 0 Å². The van der Waals surface area contributed by atoms with Gasteiger partial charge < -0.3 is 10.3 Å². The first kappa shape index (κ1) is 15.2. The summed E-state index contributed by atoms with van der Waals surface area (Å²) in [6.45, 7) is 0.949. The molecule has 1 aliphatic rings. The predicted octanol–water partition coefficient (Wildman–Crippen LogP) is 3.56. The van der Waals surface area contributed by atoms with E-state index in [9.17, 15) is 4.79 Å². The van der Waals surface area contributed by atoms with Gasteiger partial charge in [0.15, 0.2) is 0 Å². The number of benzene rings is 1. The maximum absolute atomic E-state index is 12.3. The van der Waals surface area contributed by atoms with Crippen molar-refractivity contribution in [1.82, 2.24) is 15.3 Å². The summed E-state index contributed by atoms with van der Waals surface area (Å²) < 4.78 is 0. The zero-order valence-corrected chi connectivity index (χ0v) is 14.5. The second kappa shape index (κ2) is 6.28. The third-order valence-electron chi connectivity index (χ3n) is 3.76. The lowest BCUT2D eigenvalue weighted by molar-refractivity contribution is 0.814. The molecule has 1 aromatic carbocycles. The first-order chi connectivity index (χ1) is 11.2. The van der Waals surface area contributed by atoms with Crippen molar-refractivity contribution in [2.45, 2.75) is 11.7 Å². The lowest BCUT2D eigenvalue weighted by Crippen LogP contribution is -2.11. The van der Waals surface area contributed by atoms with E-state index in [-0.39, 0.29) is 5.56 Å². The zero-order valence-electron chi connectivity index (χ0n) is 12.1. The number of aromatic nitrogens is 2. The average Bonchev–Trinajstić information content (AvgIpc) is 3.16. The summed E-state index contributed by atoms with van der Waals surface area (Å²) in [6.07, 6.45) is 0.568. The van der Waals surface area contributed by atoms with E-state index < -0.39 is 0 Å². The minimum Gasteiger partial charge on any atom is -0.310 e. The van der Waals surface area contributed by atoms with Gasteiger partial charge >= 0.3 is 0 Å². The number of halogens is 1. The highest BCUT2D eigenvalue weighted by atomic mass is 35.5. The Morgan fingerprint density at radius 1 is 1.35 bits per heavy atom. The monoisotopic (exact) mass is 363 g/mol. The molecule has 3 aromatic rings. The van der Waals surface area contributed by atoms with Crippen LogP contribution in [0.2, 0.25) is 5.02 Å². The van der Waals surface area contributed by atoms with Crippen molar-refractivity contribution in [3.8, 4) is 0 Å². The van der Waals surface area contributed by atoms with Crippen LogP contribution in [0.15, 0.2) is 35.1 Å². The number of thiophene rings is 1. The lowest BCUT2D eigenvalue weighted by Gasteiger charge is -2.02. The van der Waals surface area contributed by atoms with Gasteiger partial charge in [-0.3, -0.25) is 4.79 Å². The van der Waals surface area contributed by atoms with Gasteiger partial charge in [0.25, 0.3) is 5.56 Å². The van der Waals surface area contributed by atoms with E-state index in [1.54, 1.807) is 11.3 Å². The first-order valence-electron chi connectivity index (χ1n) is 7.28. The van der Waals surface area contributed by atoms with Crippen LogP contribution in [0.4, 0.5) is 0 Å². The molecule has 4 nitrogen and oxygen atoms in total. The molecule has 2 N–H and O–H groups in total. The second-order valence-electron chi connectivity index (χ2n) is 5.44. The summed E-state index contributed by atoms with van der Waals surface area (Å²) in [5, 5.41) is 5.13. The SMILES string of the molecule is O=c1[nH]c(Cc2cccc(Cl)c2)nc2sc(C3CNCS3)cc12. The quantitative estimate of drug-likeness (QED) is 0.747. The summed E-state index contributed by atoms with van der Waals surface area (Å²) >= 11 is 9.50. The fourth-order valence-electron chi connectivity index (χ4n) is 2.67. The van der Waals surface area contributed by atoms with Crippen molar-refractivity contribution in [3.63, 3.8) is 0 Å². The third kappa shape index (κ3) is 3.17. The fraction of sp³-hybridized carbons (Fsp3) is 0.250. The molecule has 0 aliphatic carbocycles. The molecule has 4 rings (SSSR count). The normalized spacial score (nSPS) is 17.9. The van der Waals surface area contributed by atoms with Crippen molar-refractivity contribution in [3.05, 3.63) is 62.0 Å². The minimum atomic E-state index is -0.0644. The molecule has 1 unspecified atom stereocenters. The fourth-order valence-corrected chi connectivity index (χ4v) is 5.17. The van der Waals surface area contributed by atoms with Crippen LogP contribution in [-0.2, 0) is 6.42 Å². The number of hydrogen-bond acceptors (Lipinski definition) is 5. The number of H-pyrrole nitrogens is 1. The summed E-state index contributed by atoms with van der Waals surface area (Å²) in [6, 6.07) is 9.61. The van der Waals surface area contributed by atoms with Crippen LogP contribution in [0.5, 0.6) is 0 Å². The van der Waals surface area contributed by atoms with Gasteiger partial charge in [-0.25, -0.2) is 4.98 Å². The van der Waals surface area contributed by atoms with Crippen molar-refractivity contribution in [2.75, 3.05) is 12.4 Å². The van der Waals surface area contributed by atoms with E-state index in [0.717, 1.165) is 22.8 Å². The highest BCUT2D eigenvalue weighted by Gasteiger charge is 2.21. The molecule has 7 heteroatoms. The number of hydrogen-bond donors (Lipinski definition) is 2. The van der Waals surface area contributed by atoms with Gasteiger partial charge in [0.05, 0.1) is 10.6 Å². The van der Waals surface area contributed by atoms with Crippen LogP contribution >= 0.6 is 34.7 Å². The number of rotatable bonds is 3. The Balaban J connectivity index is 1.70. The Labute approximate surface area is 146 Å². The van der Waals surface area contributed by atoms with Gasteiger partial charge in [-0.1, -0.05) is 23.7 Å². The predicted molar refractivity (Wildman–Crippen MR) is 97.7 cm³/mol. The summed E-state index contributed by atoms with van der Waals surface area (Å²) in [5.41, 5.74) is 0.970. The van der Waals surface area contributed by atoms with E-state index in [1.165, 1.54) is 4.88 Å². The van der Waals surface area contributed by atoms with E-state index >= 15 is 0 Å². The number of aromatic amines is 1. The van der Waals surface area contributed by atoms with Crippen LogP contribution in [0.25, 0.3) is 10.2 Å². The Kier molecular flexibility index (Phi) is 4.15. The molecule has 1 aliphatic heterocycles. The van der Waals surface area contributed by atoms with Gasteiger partial charge in [-0.2, -0.15) is 0 Å². The van der Waals surface area contributed by atoms with Crippen molar-refractivity contribution >= 4 is 44.9 Å². The molecule has 1 atom stereocenters. The van der Waals surface area contributed by atoms with Crippen LogP contribution in [0.3, 0.4) is 0 Å². The lowest BCUT2D eigenvalue weighted by atomic mass is 10.1. The van der Waals surface area contributed by atoms with Crippen LogP contribution in [0, 0.1) is 0 Å². The highest BCUT2D eigenvalue weighted by Crippen LogP contribution is 2.37. The average molecular weight is 364 g/mol. The molecule has 0 bridgehead atoms. The molecule has 2 aromatic heterocycles. The van der Waals surface area contributed by atoms with Crippen molar-refractivity contribution < 1.29 is 0 Å². The Morgan fingerprint density at radius 3 is 3.04 bits per heavy atom. The maximum atomic E-state index is 12.3. The standard InChI is InChI=1S/C16H14ClN3OS2/c17-10-3-1-2-9(4-10)5-14-19-15(21)11-6-12(23-16(11)20-14)13-7-18-8-22-13/h1-4,6,13,18H,5,7-8H2,(H,19,20,21). The number of nitrogens with one attached hydrogen (secondary N) is 2. The molecule has 0 amide bonds. The first-order valence-corrected chi connectivity index (χ1v) is 9.53. The molecule has 118 valence electrons. The summed E-state index contributed by atoms with van der Waals surface area (Å²) in [5.74, 6) is 1.64. The summed E-state index contributed by atoms with van der Waals surface area (Å²) in [4.78, 5) is 21.9. The number of thioether (sulfide) groups is 1. The Hall–Kier alpha value is -1.34. The molecular formula is C16H14ClN3OS2. The van der Waals surface area contributed by atoms with E-state index in [4.69, 9.17) is 11.6 Å². The number of nitrogens with zero attached hydrogens (tertiary/aromatic N) is 1. The Morgan fingerprint density at radius 2 is 2.26 bits per heavy atom. The van der Waals surface area contributed by atoms with E-state index in [0.29, 0.717) is 27.9 Å². The van der Waals surface area contributed by atoms with Crippen LogP contribution in [0.1, 0.15) is 21.5 Å². The molecule has 0 spiro atoms. The molecule has 3 heterocycles. The Bertz CT molecular complexity index is 915. The molecule has 0 radical (unpaired) electrons. The minimum absolute atomic E-state index is 0.0644. The molecule has 23 heavy (non-hydrogen) atoms. The van der Waals surface area contributed by atoms with Crippen LogP contribution in [-0.4, -0.2) is 22.4 Å². The molecular weight excluding hydrogens is 350 g/mol. The van der Waals surface area contributed by atoms with Gasteiger partial charge in [0, 0.05) is 28.7 Å². The summed E-state index contributed by atoms with van der Waals surface area (Å²) in [7, 11) is 0. The van der Waals surface area contributed by atoms with Crippen LogP contribution < -0.4 is 10.9 Å². The topological polar surface area (TPSA) is 57.8 Å². The smallest absolute Gasteiger partial charge is 0.259 e. The van der Waals surface area contributed by atoms with E-state index in [1.807, 2.05) is 42.1 Å². The molecule has 1 saturated heterocycles. The zero-order chi connectivity index (χ0) is 15.8. The molecule has 0 saturated carbocycles. The highest BCUT2D eigenvalue weighted by molar-refractivity contribution is 7.99. The maximum Gasteiger partial charge on any atom is 0.259 e. The molecule has 1 fully saturated rings. The van der Waals surface area contributed by atoms with E-state index in [2.05, 4.69) is 15.3 Å². The third-order valence-corrected chi connectivity index (χ3v) is 6.49. The van der Waals surface area contributed by atoms with Crippen molar-refractivity contribution in [1.29, 1.82) is 0 Å². The second-order valence-corrected chi connectivity index (χ2v) is 8.13. The van der Waals surface area contributed by atoms with Gasteiger partial charge in [0.2, 0.25) is 0 Å². The van der Waals surface area contributed by atoms with Gasteiger partial charge in [-0.05, 0) is 23.8 Å². The van der Waals surface area contributed by atoms with Gasteiger partial charge in [0.1, 0.15) is 10.7 Å². The van der Waals surface area contributed by atoms with Gasteiger partial charge in [-0.15, -0.1) is 23.1 Å². The number of fused-ring (bicyclic) bond motifs is 1. The largest absolute Gasteiger partial charge is 0.310 e.